The Hall–Kier alpha value is -1.52. The maximum absolute atomic E-state index is 5.92. The Bertz CT molecular complexity index is 576. The number of benzene rings is 1. The highest BCUT2D eigenvalue weighted by atomic mass is 35.5. The van der Waals surface area contributed by atoms with Crippen LogP contribution in [0.5, 0.6) is 0 Å². The third kappa shape index (κ3) is 2.60. The van der Waals surface area contributed by atoms with E-state index >= 15 is 0 Å². The van der Waals surface area contributed by atoms with Crippen LogP contribution in [0, 0.1) is 0 Å². The first-order valence-corrected chi connectivity index (χ1v) is 6.84. The van der Waals surface area contributed by atoms with E-state index in [1.165, 1.54) is 6.42 Å². The van der Waals surface area contributed by atoms with Crippen LogP contribution in [-0.2, 0) is 4.74 Å². The fourth-order valence-corrected chi connectivity index (χ4v) is 2.41. The molecule has 2 N–H and O–H groups in total. The highest BCUT2D eigenvalue weighted by Gasteiger charge is 2.16. The van der Waals surface area contributed by atoms with E-state index in [1.54, 1.807) is 6.07 Å². The second-order valence-electron chi connectivity index (χ2n) is 4.74. The number of nitrogens with zero attached hydrogens (tertiary/aromatic N) is 2. The fraction of sp³-hybridized carbons (Fsp3) is 0.357. The van der Waals surface area contributed by atoms with E-state index in [0.29, 0.717) is 10.7 Å². The zero-order valence-corrected chi connectivity index (χ0v) is 11.3. The van der Waals surface area contributed by atoms with Gasteiger partial charge in [-0.3, -0.25) is 0 Å². The van der Waals surface area contributed by atoms with Gasteiger partial charge < -0.3 is 10.5 Å². The van der Waals surface area contributed by atoms with Gasteiger partial charge in [0.05, 0.1) is 16.4 Å². The van der Waals surface area contributed by atoms with E-state index in [0.717, 1.165) is 30.7 Å². The van der Waals surface area contributed by atoms with Crippen LogP contribution in [0.1, 0.15) is 25.5 Å². The lowest BCUT2D eigenvalue weighted by Gasteiger charge is -2.22. The maximum atomic E-state index is 5.92. The third-order valence-corrected chi connectivity index (χ3v) is 3.70. The molecule has 1 aliphatic rings. The number of ether oxygens (including phenoxy) is 1. The molecule has 1 unspecified atom stereocenters. The molecule has 100 valence electrons. The van der Waals surface area contributed by atoms with Gasteiger partial charge >= 0.3 is 0 Å². The van der Waals surface area contributed by atoms with Crippen LogP contribution in [0.4, 0.5) is 5.69 Å². The lowest BCUT2D eigenvalue weighted by atomic mass is 10.1. The van der Waals surface area contributed by atoms with Crippen LogP contribution < -0.4 is 5.73 Å². The van der Waals surface area contributed by atoms with Crippen molar-refractivity contribution in [2.45, 2.75) is 25.5 Å². The fourth-order valence-electron chi connectivity index (χ4n) is 2.29. The smallest absolute Gasteiger partial charge is 0.150 e. The summed E-state index contributed by atoms with van der Waals surface area (Å²) in [6.45, 7) is 0.813. The molecule has 0 spiro atoms. The molecule has 19 heavy (non-hydrogen) atoms. The first-order chi connectivity index (χ1) is 9.24. The summed E-state index contributed by atoms with van der Waals surface area (Å²) in [4.78, 5) is 0. The van der Waals surface area contributed by atoms with Crippen molar-refractivity contribution in [3.8, 4) is 11.3 Å². The number of halogens is 1. The summed E-state index contributed by atoms with van der Waals surface area (Å²) in [5, 5.41) is 5.14. The van der Waals surface area contributed by atoms with Crippen molar-refractivity contribution in [1.82, 2.24) is 9.78 Å². The molecule has 4 nitrogen and oxygen atoms in total. The number of nitrogens with two attached hydrogens (primary N) is 1. The van der Waals surface area contributed by atoms with Gasteiger partial charge in [-0.1, -0.05) is 17.7 Å². The number of hydrogen-bond donors (Lipinski definition) is 1. The monoisotopic (exact) mass is 277 g/mol. The minimum Gasteiger partial charge on any atom is -0.398 e. The largest absolute Gasteiger partial charge is 0.398 e. The molecule has 0 aliphatic carbocycles. The Morgan fingerprint density at radius 3 is 2.95 bits per heavy atom. The Morgan fingerprint density at radius 1 is 1.32 bits per heavy atom. The third-order valence-electron chi connectivity index (χ3n) is 3.35. The van der Waals surface area contributed by atoms with Gasteiger partial charge in [0.15, 0.2) is 0 Å². The lowest BCUT2D eigenvalue weighted by Crippen LogP contribution is -2.18. The van der Waals surface area contributed by atoms with Crippen LogP contribution in [0.25, 0.3) is 11.3 Å². The predicted molar refractivity (Wildman–Crippen MR) is 75.9 cm³/mol. The zero-order valence-electron chi connectivity index (χ0n) is 10.6. The molecule has 2 aromatic rings. The van der Waals surface area contributed by atoms with Crippen LogP contribution in [0.3, 0.4) is 0 Å². The van der Waals surface area contributed by atoms with Gasteiger partial charge in [0.1, 0.15) is 6.23 Å². The number of aromatic nitrogens is 2. The normalized spacial score (nSPS) is 19.5. The van der Waals surface area contributed by atoms with Gasteiger partial charge in [-0.25, -0.2) is 4.68 Å². The topological polar surface area (TPSA) is 53.1 Å². The first kappa shape index (κ1) is 12.5. The number of nitrogen functional groups attached to an aromatic ring is 1. The summed E-state index contributed by atoms with van der Waals surface area (Å²) in [5.74, 6) is 0. The molecule has 3 rings (SSSR count). The molecule has 0 radical (unpaired) electrons. The van der Waals surface area contributed by atoms with Gasteiger partial charge in [0.2, 0.25) is 0 Å². The Labute approximate surface area is 117 Å². The van der Waals surface area contributed by atoms with Crippen molar-refractivity contribution >= 4 is 17.3 Å². The molecular weight excluding hydrogens is 262 g/mol. The number of rotatable bonds is 2. The average molecular weight is 278 g/mol. The molecule has 1 fully saturated rings. The van der Waals surface area contributed by atoms with E-state index in [1.807, 2.05) is 29.1 Å². The first-order valence-electron chi connectivity index (χ1n) is 6.46. The van der Waals surface area contributed by atoms with Crippen molar-refractivity contribution in [3.05, 3.63) is 35.5 Å². The van der Waals surface area contributed by atoms with E-state index in [4.69, 9.17) is 22.1 Å². The van der Waals surface area contributed by atoms with Crippen molar-refractivity contribution < 1.29 is 4.74 Å². The van der Waals surface area contributed by atoms with Gasteiger partial charge in [-0.15, -0.1) is 0 Å². The van der Waals surface area contributed by atoms with Crippen molar-refractivity contribution in [2.75, 3.05) is 12.3 Å². The van der Waals surface area contributed by atoms with Crippen LogP contribution in [0.15, 0.2) is 30.5 Å². The van der Waals surface area contributed by atoms with Crippen LogP contribution in [0.2, 0.25) is 5.02 Å². The second kappa shape index (κ2) is 5.23. The van der Waals surface area contributed by atoms with Crippen LogP contribution in [-0.4, -0.2) is 16.4 Å². The number of anilines is 1. The van der Waals surface area contributed by atoms with E-state index in [2.05, 4.69) is 5.10 Å². The quantitative estimate of drug-likeness (QED) is 0.855. The molecule has 5 heteroatoms. The molecule has 0 amide bonds. The zero-order chi connectivity index (χ0) is 13.2. The Morgan fingerprint density at radius 2 is 2.21 bits per heavy atom. The number of hydrogen-bond acceptors (Lipinski definition) is 3. The van der Waals surface area contributed by atoms with Gasteiger partial charge in [-0.2, -0.15) is 5.10 Å². The molecule has 0 bridgehead atoms. The van der Waals surface area contributed by atoms with Crippen molar-refractivity contribution in [1.29, 1.82) is 0 Å². The molecule has 1 aliphatic heterocycles. The average Bonchev–Trinajstić information content (AvgIpc) is 2.93. The standard InChI is InChI=1S/C14H16ClN3O/c15-11-5-4-10(9-12(11)16)13-6-7-18(17-13)14-3-1-2-8-19-14/h4-7,9,14H,1-3,8,16H2. The lowest BCUT2D eigenvalue weighted by molar-refractivity contribution is -0.0393. The summed E-state index contributed by atoms with van der Waals surface area (Å²) in [6, 6.07) is 7.53. The van der Waals surface area contributed by atoms with Gasteiger partial charge in [0, 0.05) is 18.4 Å². The molecule has 2 heterocycles. The molecule has 1 aromatic carbocycles. The minimum atomic E-state index is 0.0622. The van der Waals surface area contributed by atoms with Crippen LogP contribution >= 0.6 is 11.6 Å². The maximum Gasteiger partial charge on any atom is 0.150 e. The summed E-state index contributed by atoms with van der Waals surface area (Å²) >= 11 is 5.92. The van der Waals surface area contributed by atoms with Crippen molar-refractivity contribution in [3.63, 3.8) is 0 Å². The Kier molecular flexibility index (Phi) is 3.44. The molecule has 1 atom stereocenters. The van der Waals surface area contributed by atoms with Crippen molar-refractivity contribution in [2.24, 2.45) is 0 Å². The Balaban J connectivity index is 1.85. The van der Waals surface area contributed by atoms with Gasteiger partial charge in [-0.05, 0) is 37.5 Å². The van der Waals surface area contributed by atoms with E-state index in [-0.39, 0.29) is 6.23 Å². The molecule has 1 aromatic heterocycles. The summed E-state index contributed by atoms with van der Waals surface area (Å²) in [7, 11) is 0. The molecule has 1 saturated heterocycles. The molecular formula is C14H16ClN3O. The highest BCUT2D eigenvalue weighted by Crippen LogP contribution is 2.27. The predicted octanol–water partition coefficient (Wildman–Crippen LogP) is 3.48. The SMILES string of the molecule is Nc1cc(-c2ccn(C3CCCCO3)n2)ccc1Cl. The van der Waals surface area contributed by atoms with E-state index < -0.39 is 0 Å². The minimum absolute atomic E-state index is 0.0622. The summed E-state index contributed by atoms with van der Waals surface area (Å²) < 4.78 is 7.60. The van der Waals surface area contributed by atoms with Gasteiger partial charge in [0.25, 0.3) is 0 Å². The highest BCUT2D eigenvalue weighted by molar-refractivity contribution is 6.33. The summed E-state index contributed by atoms with van der Waals surface area (Å²) in [5.41, 5.74) is 8.24. The second-order valence-corrected chi connectivity index (χ2v) is 5.15. The molecule has 0 saturated carbocycles. The summed E-state index contributed by atoms with van der Waals surface area (Å²) in [6.07, 6.45) is 5.36. The van der Waals surface area contributed by atoms with E-state index in [9.17, 15) is 0 Å².